The number of carbonyl (C=O) groups excluding carboxylic acids is 3. The lowest BCUT2D eigenvalue weighted by atomic mass is 9.72. The summed E-state index contributed by atoms with van der Waals surface area (Å²) in [6.07, 6.45) is 0. The van der Waals surface area contributed by atoms with Crippen molar-refractivity contribution in [2.75, 3.05) is 4.90 Å². The molecular weight excluding hydrogens is 450 g/mol. The molecule has 2 saturated heterocycles. The van der Waals surface area contributed by atoms with Crippen molar-refractivity contribution in [1.29, 1.82) is 0 Å². The molecule has 0 spiro atoms. The molecule has 5 heteroatoms. The number of fused-ring (bicyclic) bond motifs is 7. The van der Waals surface area contributed by atoms with Gasteiger partial charge in [-0.15, -0.1) is 0 Å². The summed E-state index contributed by atoms with van der Waals surface area (Å²) >= 11 is 0. The maximum absolute atomic E-state index is 14.4. The van der Waals surface area contributed by atoms with Crippen LogP contribution < -0.4 is 4.90 Å². The van der Waals surface area contributed by atoms with E-state index in [9.17, 15) is 14.4 Å². The van der Waals surface area contributed by atoms with E-state index in [1.165, 1.54) is 4.90 Å². The molecule has 4 aromatic rings. The third-order valence-corrected chi connectivity index (χ3v) is 7.83. The Kier molecular flexibility index (Phi) is 4.27. The molecule has 0 aliphatic carbocycles. The largest absolute Gasteiger partial charge is 0.344 e. The van der Waals surface area contributed by atoms with Gasteiger partial charge in [-0.2, -0.15) is 0 Å². The molecule has 5 nitrogen and oxygen atoms in total. The summed E-state index contributed by atoms with van der Waals surface area (Å²) in [6.45, 7) is 0. The van der Waals surface area contributed by atoms with Gasteiger partial charge in [-0.25, -0.2) is 4.90 Å². The van der Waals surface area contributed by atoms with Crippen LogP contribution in [0.25, 0.3) is 0 Å². The van der Waals surface area contributed by atoms with E-state index in [1.54, 1.807) is 30.3 Å². The fraction of sp³-hybridized carbons (Fsp3) is 0.129. The highest BCUT2D eigenvalue weighted by Crippen LogP contribution is 2.66. The van der Waals surface area contributed by atoms with Gasteiger partial charge < -0.3 is 4.74 Å². The first-order chi connectivity index (χ1) is 17.6. The van der Waals surface area contributed by atoms with Crippen LogP contribution in [0.3, 0.4) is 0 Å². The minimum absolute atomic E-state index is 0.292. The van der Waals surface area contributed by atoms with Crippen LogP contribution in [0.1, 0.15) is 27.0 Å². The summed E-state index contributed by atoms with van der Waals surface area (Å²) in [5.74, 6) is -3.01. The van der Waals surface area contributed by atoms with Crippen LogP contribution in [-0.2, 0) is 25.5 Å². The van der Waals surface area contributed by atoms with E-state index in [-0.39, 0.29) is 11.7 Å². The predicted molar refractivity (Wildman–Crippen MR) is 133 cm³/mol. The molecule has 0 saturated carbocycles. The third-order valence-electron chi connectivity index (χ3n) is 7.83. The number of para-hydroxylation sites is 1. The van der Waals surface area contributed by atoms with Crippen LogP contribution in [0, 0.1) is 11.8 Å². The molecule has 3 aliphatic rings. The van der Waals surface area contributed by atoms with Gasteiger partial charge in [0, 0.05) is 11.1 Å². The van der Waals surface area contributed by atoms with Crippen LogP contribution in [0.4, 0.5) is 5.69 Å². The van der Waals surface area contributed by atoms with Gasteiger partial charge in [0.25, 0.3) is 0 Å². The molecule has 3 aliphatic heterocycles. The Morgan fingerprint density at radius 1 is 0.556 bits per heavy atom. The summed E-state index contributed by atoms with van der Waals surface area (Å²) in [6, 6.07) is 34.8. The first kappa shape index (κ1) is 21.0. The molecular formula is C31H21NO4. The van der Waals surface area contributed by atoms with Crippen molar-refractivity contribution in [2.24, 2.45) is 11.8 Å². The highest BCUT2D eigenvalue weighted by Gasteiger charge is 2.78. The Hall–Kier alpha value is -4.35. The van der Waals surface area contributed by atoms with Gasteiger partial charge in [-0.1, -0.05) is 103 Å². The first-order valence-electron chi connectivity index (χ1n) is 12.0. The fourth-order valence-electron chi connectivity index (χ4n) is 6.45. The average Bonchev–Trinajstić information content (AvgIpc) is 3.39. The second-order valence-electron chi connectivity index (χ2n) is 9.48. The second kappa shape index (κ2) is 7.33. The molecule has 4 unspecified atom stereocenters. The zero-order chi connectivity index (χ0) is 24.5. The number of benzene rings is 4. The number of anilines is 1. The van der Waals surface area contributed by atoms with Crippen molar-refractivity contribution >= 4 is 23.3 Å². The molecule has 2 bridgehead atoms. The Bertz CT molecular complexity index is 1530. The number of nitrogens with zero attached hydrogens (tertiary/aromatic N) is 1. The average molecular weight is 472 g/mol. The molecule has 4 atom stereocenters. The van der Waals surface area contributed by atoms with E-state index in [0.717, 1.165) is 5.56 Å². The molecule has 3 heterocycles. The SMILES string of the molecule is O=C1C2C(C(=O)N1c1ccccc1)C1(c3ccccc3)OC2(c2ccccc2)C(=O)c2ccccc21. The third kappa shape index (κ3) is 2.40. The zero-order valence-electron chi connectivity index (χ0n) is 19.2. The number of imide groups is 1. The molecule has 0 radical (unpaired) electrons. The number of ether oxygens (including phenoxy) is 1. The monoisotopic (exact) mass is 471 g/mol. The van der Waals surface area contributed by atoms with Gasteiger partial charge in [-0.3, -0.25) is 14.4 Å². The lowest BCUT2D eigenvalue weighted by molar-refractivity contribution is -0.136. The lowest BCUT2D eigenvalue weighted by Crippen LogP contribution is -2.51. The van der Waals surface area contributed by atoms with Gasteiger partial charge in [0.1, 0.15) is 5.60 Å². The molecule has 2 amide bonds. The Morgan fingerprint density at radius 3 is 1.64 bits per heavy atom. The Morgan fingerprint density at radius 2 is 1.03 bits per heavy atom. The maximum Gasteiger partial charge on any atom is 0.241 e. The standard InChI is InChI=1S/C31H21NO4/c33-27-23-18-10-11-19-24(23)30(20-12-4-1-5-13-20)25-26(31(27,36-30)21-14-6-2-7-15-21)29(35)32(28(25)34)22-16-8-3-9-17-22/h1-19,25-26H. The minimum Gasteiger partial charge on any atom is -0.344 e. The summed E-state index contributed by atoms with van der Waals surface area (Å²) in [4.78, 5) is 44.2. The molecule has 7 rings (SSSR count). The summed E-state index contributed by atoms with van der Waals surface area (Å²) in [5.41, 5.74) is -0.0158. The highest BCUT2D eigenvalue weighted by atomic mass is 16.5. The smallest absolute Gasteiger partial charge is 0.241 e. The number of rotatable bonds is 3. The van der Waals surface area contributed by atoms with Crippen LogP contribution in [0.15, 0.2) is 115 Å². The molecule has 2 fully saturated rings. The first-order valence-corrected chi connectivity index (χ1v) is 12.0. The molecule has 0 N–H and O–H groups in total. The topological polar surface area (TPSA) is 63.7 Å². The van der Waals surface area contributed by atoms with Crippen LogP contribution >= 0.6 is 0 Å². The summed E-state index contributed by atoms with van der Waals surface area (Å²) in [7, 11) is 0. The van der Waals surface area contributed by atoms with Crippen molar-refractivity contribution in [3.63, 3.8) is 0 Å². The van der Waals surface area contributed by atoms with Crippen molar-refractivity contribution in [3.05, 3.63) is 138 Å². The number of ketones is 1. The van der Waals surface area contributed by atoms with Crippen molar-refractivity contribution in [1.82, 2.24) is 0 Å². The quantitative estimate of drug-likeness (QED) is 0.401. The van der Waals surface area contributed by atoms with Crippen LogP contribution in [0.5, 0.6) is 0 Å². The maximum atomic E-state index is 14.4. The van der Waals surface area contributed by atoms with Gasteiger partial charge >= 0.3 is 0 Å². The number of Topliss-reactive ketones (excluding diaryl/α,β-unsaturated/α-hetero) is 1. The fourth-order valence-corrected chi connectivity index (χ4v) is 6.45. The highest BCUT2D eigenvalue weighted by molar-refractivity contribution is 6.26. The number of amides is 2. The zero-order valence-corrected chi connectivity index (χ0v) is 19.2. The molecule has 36 heavy (non-hydrogen) atoms. The number of carbonyl (C=O) groups is 3. The Balaban J connectivity index is 1.59. The predicted octanol–water partition coefficient (Wildman–Crippen LogP) is 4.86. The molecule has 174 valence electrons. The summed E-state index contributed by atoms with van der Waals surface area (Å²) in [5, 5.41) is 0. The van der Waals surface area contributed by atoms with E-state index in [0.29, 0.717) is 22.4 Å². The Labute approximate surface area is 207 Å². The molecule has 4 aromatic carbocycles. The lowest BCUT2D eigenvalue weighted by Gasteiger charge is -2.43. The van der Waals surface area contributed by atoms with E-state index in [2.05, 4.69) is 0 Å². The number of hydrogen-bond donors (Lipinski definition) is 0. The normalized spacial score (nSPS) is 28.2. The van der Waals surface area contributed by atoms with Gasteiger partial charge in [0.15, 0.2) is 5.60 Å². The van der Waals surface area contributed by atoms with Gasteiger partial charge in [0.2, 0.25) is 17.6 Å². The van der Waals surface area contributed by atoms with Crippen molar-refractivity contribution in [2.45, 2.75) is 11.2 Å². The second-order valence-corrected chi connectivity index (χ2v) is 9.48. The van der Waals surface area contributed by atoms with Crippen LogP contribution in [-0.4, -0.2) is 17.6 Å². The van der Waals surface area contributed by atoms with Crippen molar-refractivity contribution < 1.29 is 19.1 Å². The van der Waals surface area contributed by atoms with Crippen molar-refractivity contribution in [3.8, 4) is 0 Å². The van der Waals surface area contributed by atoms with Crippen LogP contribution in [0.2, 0.25) is 0 Å². The number of hydrogen-bond acceptors (Lipinski definition) is 4. The van der Waals surface area contributed by atoms with E-state index in [4.69, 9.17) is 4.74 Å². The van der Waals surface area contributed by atoms with E-state index in [1.807, 2.05) is 84.9 Å². The summed E-state index contributed by atoms with van der Waals surface area (Å²) < 4.78 is 6.96. The van der Waals surface area contributed by atoms with Gasteiger partial charge in [-0.05, 0) is 23.3 Å². The van der Waals surface area contributed by atoms with E-state index >= 15 is 0 Å². The molecule has 0 aromatic heterocycles. The minimum atomic E-state index is -1.63. The van der Waals surface area contributed by atoms with Gasteiger partial charge in [0.05, 0.1) is 17.5 Å². The van der Waals surface area contributed by atoms with E-state index < -0.39 is 28.9 Å².